The minimum absolute atomic E-state index is 1.19. The molecule has 2 heteroatoms. The molecule has 8 aromatic rings. The SMILES string of the molecule is c1ccc(-c2ccc3sc4c(ccc5c6cc(-c7ccccc7)ccc6n(-c6ccccc6)c54)c3c2)cc1. The number of fused-ring (bicyclic) bond motifs is 7. The molecule has 38 heavy (non-hydrogen) atoms. The lowest BCUT2D eigenvalue weighted by molar-refractivity contribution is 1.19. The van der Waals surface area contributed by atoms with Gasteiger partial charge in [0, 0.05) is 31.9 Å². The molecular weight excluding hydrogens is 478 g/mol. The zero-order valence-electron chi connectivity index (χ0n) is 20.6. The van der Waals surface area contributed by atoms with Crippen molar-refractivity contribution in [2.45, 2.75) is 0 Å². The zero-order valence-corrected chi connectivity index (χ0v) is 21.5. The molecule has 178 valence electrons. The van der Waals surface area contributed by atoms with Crippen molar-refractivity contribution in [1.29, 1.82) is 0 Å². The highest BCUT2D eigenvalue weighted by Gasteiger charge is 2.18. The molecule has 2 heterocycles. The number of hydrogen-bond donors (Lipinski definition) is 0. The van der Waals surface area contributed by atoms with Gasteiger partial charge in [-0.2, -0.15) is 0 Å². The molecule has 2 aromatic heterocycles. The largest absolute Gasteiger partial charge is 0.308 e. The maximum absolute atomic E-state index is 2.45. The summed E-state index contributed by atoms with van der Waals surface area (Å²) >= 11 is 1.90. The molecule has 0 unspecified atom stereocenters. The Bertz CT molecular complexity index is 2100. The van der Waals surface area contributed by atoms with Crippen LogP contribution in [0.4, 0.5) is 0 Å². The first-order valence-corrected chi connectivity index (χ1v) is 13.8. The van der Waals surface area contributed by atoms with Gasteiger partial charge in [-0.15, -0.1) is 11.3 Å². The van der Waals surface area contributed by atoms with Crippen LogP contribution < -0.4 is 0 Å². The van der Waals surface area contributed by atoms with Gasteiger partial charge in [0.2, 0.25) is 0 Å². The molecule has 0 N–H and O–H groups in total. The van der Waals surface area contributed by atoms with Crippen molar-refractivity contribution < 1.29 is 0 Å². The number of nitrogens with zero attached hydrogens (tertiary/aromatic N) is 1. The fourth-order valence-electron chi connectivity index (χ4n) is 5.80. The summed E-state index contributed by atoms with van der Waals surface area (Å²) in [6.07, 6.45) is 0. The van der Waals surface area contributed by atoms with Crippen molar-refractivity contribution in [3.63, 3.8) is 0 Å². The lowest BCUT2D eigenvalue weighted by Gasteiger charge is -2.08. The van der Waals surface area contributed by atoms with Gasteiger partial charge in [0.1, 0.15) is 0 Å². The maximum atomic E-state index is 2.45. The summed E-state index contributed by atoms with van der Waals surface area (Å²) in [6.45, 7) is 0. The molecule has 0 atom stereocenters. The quantitative estimate of drug-likeness (QED) is 0.227. The van der Waals surface area contributed by atoms with Crippen molar-refractivity contribution in [2.24, 2.45) is 0 Å². The Labute approximate surface area is 224 Å². The number of para-hydroxylation sites is 1. The third-order valence-electron chi connectivity index (χ3n) is 7.59. The summed E-state index contributed by atoms with van der Waals surface area (Å²) in [6, 6.07) is 50.6. The molecule has 0 aliphatic carbocycles. The van der Waals surface area contributed by atoms with E-state index in [9.17, 15) is 0 Å². The van der Waals surface area contributed by atoms with Gasteiger partial charge < -0.3 is 4.57 Å². The van der Waals surface area contributed by atoms with Crippen LogP contribution in [0.1, 0.15) is 0 Å². The molecule has 0 radical (unpaired) electrons. The van der Waals surface area contributed by atoms with E-state index in [-0.39, 0.29) is 0 Å². The van der Waals surface area contributed by atoms with Gasteiger partial charge >= 0.3 is 0 Å². The van der Waals surface area contributed by atoms with Gasteiger partial charge in [-0.05, 0) is 58.7 Å². The Morgan fingerprint density at radius 2 is 1.00 bits per heavy atom. The Hall–Kier alpha value is -4.66. The van der Waals surface area contributed by atoms with Crippen LogP contribution in [0.15, 0.2) is 140 Å². The van der Waals surface area contributed by atoms with Crippen LogP contribution in [0, 0.1) is 0 Å². The number of rotatable bonds is 3. The second-order valence-corrected chi connectivity index (χ2v) is 10.8. The maximum Gasteiger partial charge on any atom is 0.0719 e. The van der Waals surface area contributed by atoms with E-state index < -0.39 is 0 Å². The topological polar surface area (TPSA) is 4.93 Å². The van der Waals surface area contributed by atoms with Crippen LogP contribution in [0.25, 0.3) is 69.9 Å². The van der Waals surface area contributed by atoms with Crippen LogP contribution in [-0.2, 0) is 0 Å². The molecule has 0 bridgehead atoms. The highest BCUT2D eigenvalue weighted by molar-refractivity contribution is 7.26. The van der Waals surface area contributed by atoms with Crippen LogP contribution in [-0.4, -0.2) is 4.57 Å². The van der Waals surface area contributed by atoms with Gasteiger partial charge in [0.05, 0.1) is 15.7 Å². The van der Waals surface area contributed by atoms with Crippen LogP contribution in [0.3, 0.4) is 0 Å². The molecule has 0 saturated heterocycles. The van der Waals surface area contributed by atoms with Crippen molar-refractivity contribution >= 4 is 53.3 Å². The lowest BCUT2D eigenvalue weighted by atomic mass is 10.0. The van der Waals surface area contributed by atoms with Gasteiger partial charge in [-0.3, -0.25) is 0 Å². The number of thiophene rings is 1. The van der Waals surface area contributed by atoms with Gasteiger partial charge in [0.25, 0.3) is 0 Å². The Kier molecular flexibility index (Phi) is 4.76. The Morgan fingerprint density at radius 1 is 0.421 bits per heavy atom. The van der Waals surface area contributed by atoms with E-state index in [1.54, 1.807) is 0 Å². The van der Waals surface area contributed by atoms with Crippen molar-refractivity contribution in [2.75, 3.05) is 0 Å². The monoisotopic (exact) mass is 501 g/mol. The van der Waals surface area contributed by atoms with E-state index in [1.807, 2.05) is 11.3 Å². The summed E-state index contributed by atoms with van der Waals surface area (Å²) in [5.41, 5.74) is 8.71. The molecule has 0 fully saturated rings. The van der Waals surface area contributed by atoms with E-state index in [0.717, 1.165) is 0 Å². The second kappa shape index (κ2) is 8.44. The van der Waals surface area contributed by atoms with Crippen molar-refractivity contribution in [3.05, 3.63) is 140 Å². The van der Waals surface area contributed by atoms with E-state index in [4.69, 9.17) is 0 Å². The highest BCUT2D eigenvalue weighted by atomic mass is 32.1. The molecule has 0 spiro atoms. The molecule has 0 aliphatic rings. The summed E-state index contributed by atoms with van der Waals surface area (Å²) in [5.74, 6) is 0. The first kappa shape index (κ1) is 21.4. The van der Waals surface area contributed by atoms with Gasteiger partial charge in [-0.25, -0.2) is 0 Å². The molecule has 6 aromatic carbocycles. The van der Waals surface area contributed by atoms with E-state index in [2.05, 4.69) is 144 Å². The fraction of sp³-hybridized carbons (Fsp3) is 0. The number of benzene rings is 6. The summed E-state index contributed by atoms with van der Waals surface area (Å²) in [7, 11) is 0. The first-order valence-electron chi connectivity index (χ1n) is 12.9. The summed E-state index contributed by atoms with van der Waals surface area (Å²) in [5, 5.41) is 5.22. The second-order valence-electron chi connectivity index (χ2n) is 9.79. The smallest absolute Gasteiger partial charge is 0.0719 e. The standard InChI is InChI=1S/C36H23NS/c1-4-10-24(11-5-1)26-16-20-33-31(22-26)29-18-19-30-32-23-27(25-12-6-2-7-13-25)17-21-34(32)38-36(30)35(29)37(33)28-14-8-3-9-15-28/h1-23H. The minimum Gasteiger partial charge on any atom is -0.308 e. The van der Waals surface area contributed by atoms with Crippen molar-refractivity contribution in [1.82, 2.24) is 4.57 Å². The number of hydrogen-bond acceptors (Lipinski definition) is 1. The fourth-order valence-corrected chi connectivity index (χ4v) is 7.02. The predicted octanol–water partition coefficient (Wildman–Crippen LogP) is 10.5. The Morgan fingerprint density at radius 3 is 1.68 bits per heavy atom. The molecule has 0 saturated carbocycles. The zero-order chi connectivity index (χ0) is 25.1. The summed E-state index contributed by atoms with van der Waals surface area (Å²) < 4.78 is 5.11. The summed E-state index contributed by atoms with van der Waals surface area (Å²) in [4.78, 5) is 0. The van der Waals surface area contributed by atoms with Crippen LogP contribution in [0.2, 0.25) is 0 Å². The van der Waals surface area contributed by atoms with Gasteiger partial charge in [-0.1, -0.05) is 103 Å². The molecule has 1 nitrogen and oxygen atoms in total. The van der Waals surface area contributed by atoms with E-state index in [1.165, 1.54) is 69.9 Å². The average molecular weight is 502 g/mol. The number of aromatic nitrogens is 1. The van der Waals surface area contributed by atoms with Gasteiger partial charge in [0.15, 0.2) is 0 Å². The van der Waals surface area contributed by atoms with E-state index >= 15 is 0 Å². The normalized spacial score (nSPS) is 11.7. The van der Waals surface area contributed by atoms with Crippen molar-refractivity contribution in [3.8, 4) is 27.9 Å². The highest BCUT2D eigenvalue weighted by Crippen LogP contribution is 2.44. The third kappa shape index (κ3) is 3.24. The third-order valence-corrected chi connectivity index (χ3v) is 8.79. The molecule has 8 rings (SSSR count). The minimum atomic E-state index is 1.19. The average Bonchev–Trinajstić information content (AvgIpc) is 3.53. The van der Waals surface area contributed by atoms with E-state index in [0.29, 0.717) is 0 Å². The van der Waals surface area contributed by atoms with Crippen LogP contribution in [0.5, 0.6) is 0 Å². The Balaban J connectivity index is 1.47. The van der Waals surface area contributed by atoms with Crippen LogP contribution >= 0.6 is 11.3 Å². The molecule has 0 amide bonds. The molecule has 0 aliphatic heterocycles. The lowest BCUT2D eigenvalue weighted by Crippen LogP contribution is -1.93. The molecular formula is C36H23NS. The first-order chi connectivity index (χ1) is 18.8. The predicted molar refractivity (Wildman–Crippen MR) is 165 cm³/mol.